The predicted octanol–water partition coefficient (Wildman–Crippen LogP) is 1.57. The van der Waals surface area contributed by atoms with Gasteiger partial charge in [0.1, 0.15) is 17.2 Å². The highest BCUT2D eigenvalue weighted by Crippen LogP contribution is 2.32. The second-order valence-corrected chi connectivity index (χ2v) is 6.81. The van der Waals surface area contributed by atoms with Gasteiger partial charge in [0.25, 0.3) is 0 Å². The standard InChI is InChI=1S/C13H24ClN5S/c1-9(2)12-16-13(10(20-4)11(14)19(12)15)18-7-5-17(3)6-8-18/h9,12H,5-8,15H2,1-4H3. The number of hydrogen-bond acceptors (Lipinski definition) is 6. The van der Waals surface area contributed by atoms with Crippen molar-refractivity contribution in [3.63, 3.8) is 0 Å². The topological polar surface area (TPSA) is 48.1 Å². The minimum absolute atomic E-state index is 0.0898. The van der Waals surface area contributed by atoms with Crippen molar-refractivity contribution in [2.24, 2.45) is 16.8 Å². The van der Waals surface area contributed by atoms with E-state index in [0.717, 1.165) is 36.9 Å². The first-order valence-electron chi connectivity index (χ1n) is 6.95. The van der Waals surface area contributed by atoms with Crippen molar-refractivity contribution in [1.29, 1.82) is 0 Å². The largest absolute Gasteiger partial charge is 0.353 e. The summed E-state index contributed by atoms with van der Waals surface area (Å²) >= 11 is 8.07. The minimum atomic E-state index is -0.0898. The van der Waals surface area contributed by atoms with Gasteiger partial charge in [-0.15, -0.1) is 11.8 Å². The molecule has 20 heavy (non-hydrogen) atoms. The van der Waals surface area contributed by atoms with Gasteiger partial charge >= 0.3 is 0 Å². The molecule has 0 bridgehead atoms. The van der Waals surface area contributed by atoms with Crippen molar-refractivity contribution < 1.29 is 0 Å². The molecule has 0 radical (unpaired) electrons. The zero-order valence-corrected chi connectivity index (χ0v) is 14.2. The molecule has 114 valence electrons. The molecule has 1 fully saturated rings. The molecule has 2 heterocycles. The molecule has 7 heteroatoms. The third-order valence-electron chi connectivity index (χ3n) is 3.76. The molecule has 0 spiro atoms. The number of likely N-dealkylation sites (N-methyl/N-ethyl adjacent to an activating group) is 1. The van der Waals surface area contributed by atoms with Crippen LogP contribution in [-0.2, 0) is 0 Å². The molecule has 5 nitrogen and oxygen atoms in total. The third-order valence-corrected chi connectivity index (χ3v) is 5.04. The summed E-state index contributed by atoms with van der Waals surface area (Å²) in [6.07, 6.45) is 1.93. The van der Waals surface area contributed by atoms with E-state index in [1.165, 1.54) is 0 Å². The van der Waals surface area contributed by atoms with E-state index < -0.39 is 0 Å². The van der Waals surface area contributed by atoms with Gasteiger partial charge in [-0.1, -0.05) is 25.4 Å². The maximum Gasteiger partial charge on any atom is 0.142 e. The molecule has 0 aromatic carbocycles. The maximum absolute atomic E-state index is 6.46. The second-order valence-electron chi connectivity index (χ2n) is 5.63. The van der Waals surface area contributed by atoms with Crippen LogP contribution in [0.3, 0.4) is 0 Å². The average Bonchev–Trinajstić information content (AvgIpc) is 2.42. The molecule has 0 aromatic heterocycles. The molecule has 2 aliphatic heterocycles. The molecule has 0 amide bonds. The van der Waals surface area contributed by atoms with E-state index in [1.54, 1.807) is 16.8 Å². The first-order chi connectivity index (χ1) is 9.45. The Kier molecular flexibility index (Phi) is 5.23. The van der Waals surface area contributed by atoms with Crippen LogP contribution in [0.4, 0.5) is 0 Å². The van der Waals surface area contributed by atoms with Gasteiger partial charge in [0.05, 0.1) is 4.91 Å². The van der Waals surface area contributed by atoms with Crippen molar-refractivity contribution >= 4 is 29.2 Å². The molecular weight excluding hydrogens is 294 g/mol. The maximum atomic E-state index is 6.46. The van der Waals surface area contributed by atoms with Crippen molar-refractivity contribution in [1.82, 2.24) is 14.8 Å². The van der Waals surface area contributed by atoms with Crippen molar-refractivity contribution in [2.45, 2.75) is 20.0 Å². The third kappa shape index (κ3) is 3.08. The Balaban J connectivity index is 2.29. The predicted molar refractivity (Wildman–Crippen MR) is 87.6 cm³/mol. The van der Waals surface area contributed by atoms with Gasteiger partial charge in [0, 0.05) is 26.2 Å². The van der Waals surface area contributed by atoms with E-state index in [4.69, 9.17) is 22.4 Å². The lowest BCUT2D eigenvalue weighted by molar-refractivity contribution is 0.197. The van der Waals surface area contributed by atoms with E-state index >= 15 is 0 Å². The fourth-order valence-electron chi connectivity index (χ4n) is 2.46. The molecule has 2 rings (SSSR count). The number of amidine groups is 1. The normalized spacial score (nSPS) is 25.6. The zero-order valence-electron chi connectivity index (χ0n) is 12.6. The number of rotatable bonds is 2. The minimum Gasteiger partial charge on any atom is -0.353 e. The quantitative estimate of drug-likeness (QED) is 0.619. The van der Waals surface area contributed by atoms with Crippen molar-refractivity contribution in [2.75, 3.05) is 39.5 Å². The number of hydrogen-bond donors (Lipinski definition) is 1. The molecule has 1 atom stereocenters. The summed E-state index contributed by atoms with van der Waals surface area (Å²) in [6, 6.07) is 0. The Labute approximate surface area is 130 Å². The Morgan fingerprint density at radius 1 is 1.30 bits per heavy atom. The number of halogens is 1. The van der Waals surface area contributed by atoms with Crippen LogP contribution in [0.25, 0.3) is 0 Å². The number of hydrazine groups is 1. The summed E-state index contributed by atoms with van der Waals surface area (Å²) in [5, 5.41) is 2.21. The van der Waals surface area contributed by atoms with Crippen molar-refractivity contribution in [3.8, 4) is 0 Å². The number of thioether (sulfide) groups is 1. The van der Waals surface area contributed by atoms with E-state index in [-0.39, 0.29) is 6.17 Å². The van der Waals surface area contributed by atoms with E-state index in [2.05, 4.69) is 30.7 Å². The van der Waals surface area contributed by atoms with Crippen LogP contribution in [0.1, 0.15) is 13.8 Å². The van der Waals surface area contributed by atoms with Crippen LogP contribution in [0, 0.1) is 5.92 Å². The summed E-state index contributed by atoms with van der Waals surface area (Å²) in [6.45, 7) is 8.31. The lowest BCUT2D eigenvalue weighted by atomic mass is 10.1. The van der Waals surface area contributed by atoms with Gasteiger partial charge in [0.2, 0.25) is 0 Å². The monoisotopic (exact) mass is 317 g/mol. The van der Waals surface area contributed by atoms with Crippen molar-refractivity contribution in [3.05, 3.63) is 10.1 Å². The number of nitrogens with two attached hydrogens (primary N) is 1. The molecule has 1 unspecified atom stereocenters. The first kappa shape index (κ1) is 15.9. The summed E-state index contributed by atoms with van der Waals surface area (Å²) in [4.78, 5) is 10.5. The zero-order chi connectivity index (χ0) is 14.9. The lowest BCUT2D eigenvalue weighted by Gasteiger charge is -2.40. The van der Waals surface area contributed by atoms with Gasteiger partial charge in [-0.05, 0) is 19.2 Å². The first-order valence-corrected chi connectivity index (χ1v) is 8.55. The smallest absolute Gasteiger partial charge is 0.142 e. The highest BCUT2D eigenvalue weighted by atomic mass is 35.5. The fraction of sp³-hybridized carbons (Fsp3) is 0.769. The van der Waals surface area contributed by atoms with Gasteiger partial charge in [0.15, 0.2) is 0 Å². The Morgan fingerprint density at radius 2 is 1.90 bits per heavy atom. The highest BCUT2D eigenvalue weighted by molar-refractivity contribution is 8.03. The van der Waals surface area contributed by atoms with Crippen LogP contribution in [0.5, 0.6) is 0 Å². The number of nitrogens with zero attached hydrogens (tertiary/aromatic N) is 4. The van der Waals surface area contributed by atoms with Crippen LogP contribution in [0.2, 0.25) is 0 Å². The van der Waals surface area contributed by atoms with Gasteiger partial charge in [-0.25, -0.2) is 10.8 Å². The van der Waals surface area contributed by atoms with Crippen LogP contribution in [-0.4, -0.2) is 66.3 Å². The molecule has 0 aromatic rings. The molecular formula is C13H24ClN5S. The van der Waals surface area contributed by atoms with E-state index in [0.29, 0.717) is 11.1 Å². The molecule has 2 aliphatic rings. The Morgan fingerprint density at radius 3 is 2.40 bits per heavy atom. The summed E-state index contributed by atoms with van der Waals surface area (Å²) < 4.78 is 0. The van der Waals surface area contributed by atoms with E-state index in [1.807, 2.05) is 6.26 Å². The Bertz CT molecular complexity index is 415. The summed E-state index contributed by atoms with van der Waals surface area (Å²) in [5.74, 6) is 7.43. The highest BCUT2D eigenvalue weighted by Gasteiger charge is 2.32. The molecule has 0 aliphatic carbocycles. The molecule has 0 saturated carbocycles. The van der Waals surface area contributed by atoms with Crippen LogP contribution >= 0.6 is 23.4 Å². The lowest BCUT2D eigenvalue weighted by Crippen LogP contribution is -2.52. The Hall–Kier alpha value is -0.430. The fourth-order valence-corrected chi connectivity index (χ4v) is 3.52. The number of aliphatic imine (C=N–C) groups is 1. The SMILES string of the molecule is CSC1=C(Cl)N(N)C(C(C)C)N=C1N1CCN(C)CC1. The van der Waals surface area contributed by atoms with Gasteiger partial charge in [-0.2, -0.15) is 0 Å². The average molecular weight is 318 g/mol. The van der Waals surface area contributed by atoms with Crippen LogP contribution in [0.15, 0.2) is 15.1 Å². The molecule has 2 N–H and O–H groups in total. The van der Waals surface area contributed by atoms with Crippen LogP contribution < -0.4 is 5.84 Å². The van der Waals surface area contributed by atoms with E-state index in [9.17, 15) is 0 Å². The second kappa shape index (κ2) is 6.56. The summed E-state index contributed by atoms with van der Waals surface area (Å²) in [7, 11) is 2.15. The van der Waals surface area contributed by atoms with Gasteiger partial charge in [-0.3, -0.25) is 5.01 Å². The van der Waals surface area contributed by atoms with Gasteiger partial charge < -0.3 is 9.80 Å². The molecule has 1 saturated heterocycles. The summed E-state index contributed by atoms with van der Waals surface area (Å²) in [5.41, 5.74) is 0. The number of piperazine rings is 1.